The van der Waals surface area contributed by atoms with Crippen LogP contribution in [0.15, 0.2) is 48.5 Å². The van der Waals surface area contributed by atoms with Crippen LogP contribution in [0.1, 0.15) is 57.5 Å². The van der Waals surface area contributed by atoms with Crippen molar-refractivity contribution in [2.24, 2.45) is 7.05 Å². The highest BCUT2D eigenvalue weighted by molar-refractivity contribution is 5.96. The van der Waals surface area contributed by atoms with Crippen molar-refractivity contribution in [2.45, 2.75) is 38.1 Å². The minimum atomic E-state index is -0.251. The third-order valence-corrected chi connectivity index (χ3v) is 7.25. The first kappa shape index (κ1) is 20.1. The molecular weight excluding hydrogens is 412 g/mol. The predicted octanol–water partition coefficient (Wildman–Crippen LogP) is 4.58. The number of H-pyrrole nitrogens is 1. The molecule has 0 bridgehead atoms. The highest BCUT2D eigenvalue weighted by Crippen LogP contribution is 2.42. The number of carbonyl (C=O) groups excluding carboxylic acids is 1. The van der Waals surface area contributed by atoms with Gasteiger partial charge in [0.1, 0.15) is 17.5 Å². The Morgan fingerprint density at radius 1 is 1.03 bits per heavy atom. The summed E-state index contributed by atoms with van der Waals surface area (Å²) in [6.07, 6.45) is 4.95. The van der Waals surface area contributed by atoms with E-state index in [0.29, 0.717) is 6.54 Å². The number of hydrogen-bond donors (Lipinski definition) is 1. The molecule has 1 aliphatic carbocycles. The SMILES string of the molecule is COc1ccccc1C1c2[nH]c3ccccc3c2CCN1C(=O)c1c2c(nn1C)CCCC2. The van der Waals surface area contributed by atoms with Gasteiger partial charge in [-0.15, -0.1) is 0 Å². The highest BCUT2D eigenvalue weighted by Gasteiger charge is 2.38. The summed E-state index contributed by atoms with van der Waals surface area (Å²) < 4.78 is 7.56. The van der Waals surface area contributed by atoms with Gasteiger partial charge in [0.15, 0.2) is 0 Å². The van der Waals surface area contributed by atoms with Gasteiger partial charge in [0.05, 0.1) is 12.8 Å². The van der Waals surface area contributed by atoms with E-state index in [1.54, 1.807) is 11.8 Å². The fourth-order valence-corrected chi connectivity index (χ4v) is 5.76. The van der Waals surface area contributed by atoms with E-state index in [4.69, 9.17) is 9.84 Å². The first-order valence-electron chi connectivity index (χ1n) is 11.8. The van der Waals surface area contributed by atoms with Crippen molar-refractivity contribution < 1.29 is 9.53 Å². The number of fused-ring (bicyclic) bond motifs is 4. The molecule has 0 saturated heterocycles. The number of aryl methyl sites for hydroxylation is 2. The Balaban J connectivity index is 1.53. The Bertz CT molecular complexity index is 1370. The van der Waals surface area contributed by atoms with Gasteiger partial charge in [-0.2, -0.15) is 5.10 Å². The van der Waals surface area contributed by atoms with E-state index in [0.717, 1.165) is 71.6 Å². The second-order valence-corrected chi connectivity index (χ2v) is 9.06. The van der Waals surface area contributed by atoms with Crippen LogP contribution in [0.25, 0.3) is 10.9 Å². The largest absolute Gasteiger partial charge is 0.496 e. The van der Waals surface area contributed by atoms with E-state index < -0.39 is 0 Å². The van der Waals surface area contributed by atoms with Gasteiger partial charge in [0, 0.05) is 41.3 Å². The van der Waals surface area contributed by atoms with E-state index in [1.165, 1.54) is 10.9 Å². The van der Waals surface area contributed by atoms with Crippen molar-refractivity contribution in [3.63, 3.8) is 0 Å². The summed E-state index contributed by atoms with van der Waals surface area (Å²) in [5.74, 6) is 0.840. The number of para-hydroxylation sites is 2. The first-order valence-corrected chi connectivity index (χ1v) is 11.8. The third kappa shape index (κ3) is 3.08. The zero-order chi connectivity index (χ0) is 22.5. The minimum absolute atomic E-state index is 0.0494. The smallest absolute Gasteiger partial charge is 0.273 e. The number of rotatable bonds is 3. The van der Waals surface area contributed by atoms with Crippen molar-refractivity contribution in [1.29, 1.82) is 0 Å². The number of hydrogen-bond acceptors (Lipinski definition) is 3. The monoisotopic (exact) mass is 440 g/mol. The molecule has 0 fully saturated rings. The number of amides is 1. The lowest BCUT2D eigenvalue weighted by Crippen LogP contribution is -2.41. The lowest BCUT2D eigenvalue weighted by molar-refractivity contribution is 0.0677. The number of ether oxygens (including phenoxy) is 1. The van der Waals surface area contributed by atoms with Crippen molar-refractivity contribution in [1.82, 2.24) is 19.7 Å². The van der Waals surface area contributed by atoms with Gasteiger partial charge in [-0.05, 0) is 49.8 Å². The van der Waals surface area contributed by atoms with E-state index in [1.807, 2.05) is 36.2 Å². The number of carbonyl (C=O) groups is 1. The maximum Gasteiger partial charge on any atom is 0.273 e. The molecule has 2 aromatic heterocycles. The van der Waals surface area contributed by atoms with Gasteiger partial charge in [-0.25, -0.2) is 0 Å². The van der Waals surface area contributed by atoms with Crippen molar-refractivity contribution in [3.8, 4) is 5.75 Å². The van der Waals surface area contributed by atoms with Crippen LogP contribution in [-0.2, 0) is 26.3 Å². The molecule has 6 heteroatoms. The number of benzene rings is 2. The topological polar surface area (TPSA) is 63.1 Å². The zero-order valence-electron chi connectivity index (χ0n) is 19.1. The lowest BCUT2D eigenvalue weighted by Gasteiger charge is -2.37. The van der Waals surface area contributed by atoms with Gasteiger partial charge in [-0.3, -0.25) is 9.48 Å². The van der Waals surface area contributed by atoms with Crippen LogP contribution in [0.5, 0.6) is 5.75 Å². The van der Waals surface area contributed by atoms with E-state index in [2.05, 4.69) is 29.2 Å². The van der Waals surface area contributed by atoms with Crippen LogP contribution in [0.3, 0.4) is 0 Å². The standard InChI is InChI=1S/C27H28N4O2/c1-30-26(19-10-4-7-13-22(19)29-30)27(32)31-16-15-18-17-9-3-6-12-21(17)28-24(18)25(31)20-11-5-8-14-23(20)33-2/h3,5-6,8-9,11-12,14,25,28H,4,7,10,13,15-16H2,1-2H3. The normalized spacial score (nSPS) is 17.6. The van der Waals surface area contributed by atoms with Crippen LogP contribution in [0, 0.1) is 0 Å². The fourth-order valence-electron chi connectivity index (χ4n) is 5.76. The van der Waals surface area contributed by atoms with Gasteiger partial charge >= 0.3 is 0 Å². The Kier molecular flexibility index (Phi) is 4.75. The van der Waals surface area contributed by atoms with Gasteiger partial charge in [-0.1, -0.05) is 36.4 Å². The average molecular weight is 441 g/mol. The molecule has 2 aromatic carbocycles. The molecule has 6 nitrogen and oxygen atoms in total. The van der Waals surface area contributed by atoms with Crippen LogP contribution in [0.4, 0.5) is 0 Å². The second-order valence-electron chi connectivity index (χ2n) is 9.06. The lowest BCUT2D eigenvalue weighted by atomic mass is 9.90. The highest BCUT2D eigenvalue weighted by atomic mass is 16.5. The Labute approximate surface area is 193 Å². The number of nitrogens with one attached hydrogen (secondary N) is 1. The summed E-state index contributed by atoms with van der Waals surface area (Å²) in [5, 5.41) is 5.95. The molecule has 0 saturated carbocycles. The van der Waals surface area contributed by atoms with Crippen LogP contribution in [0.2, 0.25) is 0 Å². The molecule has 1 unspecified atom stereocenters. The molecular formula is C27H28N4O2. The molecule has 3 heterocycles. The van der Waals surface area contributed by atoms with E-state index >= 15 is 0 Å². The molecule has 1 atom stereocenters. The number of methoxy groups -OCH3 is 1. The van der Waals surface area contributed by atoms with Crippen molar-refractivity contribution >= 4 is 16.8 Å². The van der Waals surface area contributed by atoms with Crippen LogP contribution in [-0.4, -0.2) is 39.2 Å². The molecule has 0 spiro atoms. The van der Waals surface area contributed by atoms with Gasteiger partial charge < -0.3 is 14.6 Å². The molecule has 1 aliphatic heterocycles. The number of nitrogens with zero attached hydrogens (tertiary/aromatic N) is 3. The number of aromatic amines is 1. The summed E-state index contributed by atoms with van der Waals surface area (Å²) in [5.41, 5.74) is 7.43. The van der Waals surface area contributed by atoms with Gasteiger partial charge in [0.25, 0.3) is 5.91 Å². The van der Waals surface area contributed by atoms with E-state index in [9.17, 15) is 4.79 Å². The summed E-state index contributed by atoms with van der Waals surface area (Å²) in [6.45, 7) is 0.649. The Morgan fingerprint density at radius 2 is 1.82 bits per heavy atom. The summed E-state index contributed by atoms with van der Waals surface area (Å²) >= 11 is 0. The molecule has 1 amide bonds. The van der Waals surface area contributed by atoms with E-state index in [-0.39, 0.29) is 11.9 Å². The minimum Gasteiger partial charge on any atom is -0.496 e. The Morgan fingerprint density at radius 3 is 2.70 bits per heavy atom. The second kappa shape index (κ2) is 7.80. The zero-order valence-corrected chi connectivity index (χ0v) is 19.1. The quantitative estimate of drug-likeness (QED) is 0.507. The maximum absolute atomic E-state index is 14.2. The fraction of sp³-hybridized carbons (Fsp3) is 0.333. The molecule has 1 N–H and O–H groups in total. The summed E-state index contributed by atoms with van der Waals surface area (Å²) in [7, 11) is 3.60. The van der Waals surface area contributed by atoms with Gasteiger partial charge in [0.2, 0.25) is 0 Å². The molecule has 168 valence electrons. The predicted molar refractivity (Wildman–Crippen MR) is 128 cm³/mol. The third-order valence-electron chi connectivity index (χ3n) is 7.25. The van der Waals surface area contributed by atoms with Crippen molar-refractivity contribution in [2.75, 3.05) is 13.7 Å². The summed E-state index contributed by atoms with van der Waals surface area (Å²) in [6, 6.07) is 16.2. The molecule has 2 aliphatic rings. The molecule has 4 aromatic rings. The molecule has 6 rings (SSSR count). The van der Waals surface area contributed by atoms with Crippen LogP contribution >= 0.6 is 0 Å². The maximum atomic E-state index is 14.2. The molecule has 33 heavy (non-hydrogen) atoms. The van der Waals surface area contributed by atoms with Crippen molar-refractivity contribution in [3.05, 3.63) is 82.3 Å². The number of aromatic nitrogens is 3. The first-order chi connectivity index (χ1) is 16.2. The Hall–Kier alpha value is -3.54. The molecule has 0 radical (unpaired) electrons. The average Bonchev–Trinajstić information content (AvgIpc) is 3.39. The summed E-state index contributed by atoms with van der Waals surface area (Å²) in [4.78, 5) is 19.8. The van der Waals surface area contributed by atoms with Crippen LogP contribution < -0.4 is 4.74 Å².